The first-order valence-electron chi connectivity index (χ1n) is 11.3. The number of hydrogen-bond donors (Lipinski definition) is 1. The molecule has 1 saturated carbocycles. The molecule has 1 aliphatic carbocycles. The molecule has 28 heavy (non-hydrogen) atoms. The van der Waals surface area contributed by atoms with E-state index in [0.717, 1.165) is 25.6 Å². The lowest BCUT2D eigenvalue weighted by atomic mass is 9.80. The molecular formula is C25H33N3. The van der Waals surface area contributed by atoms with Crippen LogP contribution in [0.25, 0.3) is 21.8 Å². The van der Waals surface area contributed by atoms with E-state index < -0.39 is 0 Å². The van der Waals surface area contributed by atoms with E-state index in [1.165, 1.54) is 67.0 Å². The molecule has 0 unspecified atom stereocenters. The van der Waals surface area contributed by atoms with Gasteiger partial charge in [0.15, 0.2) is 0 Å². The predicted molar refractivity (Wildman–Crippen MR) is 119 cm³/mol. The minimum Gasteiger partial charge on any atom is -0.341 e. The van der Waals surface area contributed by atoms with Gasteiger partial charge in [0, 0.05) is 60.6 Å². The Kier molecular flexibility index (Phi) is 5.13. The van der Waals surface area contributed by atoms with Crippen LogP contribution in [0.15, 0.2) is 42.5 Å². The second-order valence-corrected chi connectivity index (χ2v) is 8.67. The van der Waals surface area contributed by atoms with Gasteiger partial charge in [-0.05, 0) is 49.4 Å². The number of aromatic nitrogens is 1. The Morgan fingerprint density at radius 1 is 0.929 bits per heavy atom. The minimum atomic E-state index is 0.579. The maximum absolute atomic E-state index is 3.54. The summed E-state index contributed by atoms with van der Waals surface area (Å²) in [4.78, 5) is 2.77. The van der Waals surface area contributed by atoms with Gasteiger partial charge in [-0.1, -0.05) is 43.5 Å². The molecule has 5 rings (SSSR count). The molecule has 0 radical (unpaired) electrons. The van der Waals surface area contributed by atoms with Gasteiger partial charge in [0.25, 0.3) is 0 Å². The number of hydrogen-bond acceptors (Lipinski definition) is 2. The zero-order valence-electron chi connectivity index (χ0n) is 17.2. The maximum Gasteiger partial charge on any atom is 0.0491 e. The van der Waals surface area contributed by atoms with Crippen LogP contribution in [0.5, 0.6) is 0 Å². The van der Waals surface area contributed by atoms with Gasteiger partial charge in [-0.15, -0.1) is 0 Å². The van der Waals surface area contributed by atoms with Crippen molar-refractivity contribution in [1.82, 2.24) is 14.8 Å². The molecule has 1 N–H and O–H groups in total. The Morgan fingerprint density at radius 3 is 2.46 bits per heavy atom. The van der Waals surface area contributed by atoms with Crippen LogP contribution in [-0.2, 0) is 6.54 Å². The first kappa shape index (κ1) is 18.2. The number of benzene rings is 2. The van der Waals surface area contributed by atoms with Crippen LogP contribution in [-0.4, -0.2) is 35.6 Å². The van der Waals surface area contributed by atoms with Crippen molar-refractivity contribution >= 4 is 21.8 Å². The molecule has 1 saturated heterocycles. The lowest BCUT2D eigenvalue weighted by Crippen LogP contribution is -2.47. The largest absolute Gasteiger partial charge is 0.341 e. The molecule has 3 nitrogen and oxygen atoms in total. The lowest BCUT2D eigenvalue weighted by Gasteiger charge is -2.41. The summed E-state index contributed by atoms with van der Waals surface area (Å²) in [6.07, 6.45) is 7.02. The van der Waals surface area contributed by atoms with Crippen molar-refractivity contribution in [2.75, 3.05) is 26.2 Å². The van der Waals surface area contributed by atoms with Crippen LogP contribution in [0, 0.1) is 5.92 Å². The van der Waals surface area contributed by atoms with E-state index >= 15 is 0 Å². The number of piperazine rings is 1. The first-order chi connectivity index (χ1) is 13.9. The molecule has 0 spiro atoms. The van der Waals surface area contributed by atoms with Gasteiger partial charge in [0.1, 0.15) is 0 Å². The van der Waals surface area contributed by atoms with Crippen LogP contribution in [0.3, 0.4) is 0 Å². The highest BCUT2D eigenvalue weighted by Crippen LogP contribution is 2.40. The Balaban J connectivity index is 1.62. The van der Waals surface area contributed by atoms with Crippen molar-refractivity contribution in [3.8, 4) is 0 Å². The quantitative estimate of drug-likeness (QED) is 0.664. The number of para-hydroxylation sites is 1. The Labute approximate surface area is 168 Å². The van der Waals surface area contributed by atoms with Crippen LogP contribution in [0.1, 0.15) is 50.6 Å². The molecule has 2 aliphatic rings. The Hall–Kier alpha value is -1.84. The van der Waals surface area contributed by atoms with Gasteiger partial charge in [-0.2, -0.15) is 0 Å². The highest BCUT2D eigenvalue weighted by molar-refractivity contribution is 6.08. The Bertz CT molecular complexity index is 927. The monoisotopic (exact) mass is 375 g/mol. The van der Waals surface area contributed by atoms with Crippen LogP contribution in [0.2, 0.25) is 0 Å². The molecule has 3 heteroatoms. The van der Waals surface area contributed by atoms with E-state index in [9.17, 15) is 0 Å². The summed E-state index contributed by atoms with van der Waals surface area (Å²) in [7, 11) is 0. The molecular weight excluding hydrogens is 342 g/mol. The SMILES string of the molecule is CCn1c2ccccc2c2cc([C@@H](C3CCCCC3)N3CCNCC3)ccc21. The number of rotatable bonds is 4. The molecule has 2 fully saturated rings. The van der Waals surface area contributed by atoms with Gasteiger partial charge >= 0.3 is 0 Å². The molecule has 1 aliphatic heterocycles. The molecule has 2 aromatic carbocycles. The zero-order chi connectivity index (χ0) is 18.9. The van der Waals surface area contributed by atoms with E-state index in [2.05, 4.69) is 64.2 Å². The predicted octanol–water partition coefficient (Wildman–Crippen LogP) is 5.34. The maximum atomic E-state index is 3.54. The number of aryl methyl sites for hydroxylation is 1. The average Bonchev–Trinajstić information content (AvgIpc) is 3.09. The fraction of sp³-hybridized carbons (Fsp3) is 0.520. The third-order valence-corrected chi connectivity index (χ3v) is 7.10. The highest BCUT2D eigenvalue weighted by Gasteiger charge is 2.31. The Morgan fingerprint density at radius 2 is 1.68 bits per heavy atom. The normalized spacial score (nSPS) is 20.8. The van der Waals surface area contributed by atoms with Gasteiger partial charge in [-0.25, -0.2) is 0 Å². The fourth-order valence-electron chi connectivity index (χ4n) is 5.79. The second-order valence-electron chi connectivity index (χ2n) is 8.67. The minimum absolute atomic E-state index is 0.579. The second kappa shape index (κ2) is 7.88. The van der Waals surface area contributed by atoms with Gasteiger partial charge in [0.2, 0.25) is 0 Å². The van der Waals surface area contributed by atoms with Crippen LogP contribution >= 0.6 is 0 Å². The standard InChI is InChI=1S/C25H33N3/c1-2-28-23-11-7-6-10-21(23)22-18-20(12-13-24(22)28)25(19-8-4-3-5-9-19)27-16-14-26-15-17-27/h6-7,10-13,18-19,25-26H,2-5,8-9,14-17H2,1H3/t25-/m1/s1. The number of nitrogens with one attached hydrogen (secondary N) is 1. The first-order valence-corrected chi connectivity index (χ1v) is 11.3. The van der Waals surface area contributed by atoms with Crippen molar-refractivity contribution in [3.63, 3.8) is 0 Å². The van der Waals surface area contributed by atoms with Crippen molar-refractivity contribution in [3.05, 3.63) is 48.0 Å². The van der Waals surface area contributed by atoms with Crippen molar-refractivity contribution in [2.45, 2.75) is 51.6 Å². The molecule has 148 valence electrons. The highest BCUT2D eigenvalue weighted by atomic mass is 15.2. The van der Waals surface area contributed by atoms with Crippen LogP contribution in [0.4, 0.5) is 0 Å². The van der Waals surface area contributed by atoms with E-state index in [-0.39, 0.29) is 0 Å². The topological polar surface area (TPSA) is 20.2 Å². The zero-order valence-corrected chi connectivity index (χ0v) is 17.2. The number of fused-ring (bicyclic) bond motifs is 3. The fourth-order valence-corrected chi connectivity index (χ4v) is 5.79. The third-order valence-electron chi connectivity index (χ3n) is 7.10. The van der Waals surface area contributed by atoms with E-state index in [0.29, 0.717) is 6.04 Å². The van der Waals surface area contributed by atoms with Crippen molar-refractivity contribution < 1.29 is 0 Å². The van der Waals surface area contributed by atoms with Gasteiger partial charge in [0.05, 0.1) is 0 Å². The van der Waals surface area contributed by atoms with Gasteiger partial charge in [-0.3, -0.25) is 4.90 Å². The third kappa shape index (κ3) is 3.15. The van der Waals surface area contributed by atoms with Crippen LogP contribution < -0.4 is 5.32 Å². The molecule has 3 aromatic rings. The van der Waals surface area contributed by atoms with E-state index in [4.69, 9.17) is 0 Å². The molecule has 1 atom stereocenters. The van der Waals surface area contributed by atoms with Gasteiger partial charge < -0.3 is 9.88 Å². The summed E-state index contributed by atoms with van der Waals surface area (Å²) >= 11 is 0. The van der Waals surface area contributed by atoms with E-state index in [1.807, 2.05) is 0 Å². The molecule has 0 bridgehead atoms. The number of nitrogens with zero attached hydrogens (tertiary/aromatic N) is 2. The summed E-state index contributed by atoms with van der Waals surface area (Å²) in [5, 5.41) is 6.39. The van der Waals surface area contributed by atoms with E-state index in [1.54, 1.807) is 5.56 Å². The summed E-state index contributed by atoms with van der Waals surface area (Å²) in [5.74, 6) is 0.809. The van der Waals surface area contributed by atoms with Crippen molar-refractivity contribution in [2.24, 2.45) is 5.92 Å². The molecule has 1 aromatic heterocycles. The summed E-state index contributed by atoms with van der Waals surface area (Å²) < 4.78 is 2.47. The molecule has 0 amide bonds. The smallest absolute Gasteiger partial charge is 0.0491 e. The lowest BCUT2D eigenvalue weighted by molar-refractivity contribution is 0.103. The molecule has 2 heterocycles. The summed E-state index contributed by atoms with van der Waals surface area (Å²) in [6.45, 7) is 7.88. The van der Waals surface area contributed by atoms with Crippen molar-refractivity contribution in [1.29, 1.82) is 0 Å². The summed E-state index contributed by atoms with van der Waals surface area (Å²) in [5.41, 5.74) is 4.30. The average molecular weight is 376 g/mol. The summed E-state index contributed by atoms with van der Waals surface area (Å²) in [6, 6.07) is 16.9.